The summed E-state index contributed by atoms with van der Waals surface area (Å²) in [5, 5.41) is 5.95. The molecule has 0 atom stereocenters. The monoisotopic (exact) mass is 522 g/mol. The maximum Gasteiger partial charge on any atom is 0.243 e. The summed E-state index contributed by atoms with van der Waals surface area (Å²) in [7, 11) is -2.37. The molecule has 0 aliphatic rings. The van der Waals surface area contributed by atoms with Crippen LogP contribution in [0.3, 0.4) is 0 Å². The van der Waals surface area contributed by atoms with Gasteiger partial charge in [-0.15, -0.1) is 0 Å². The predicted molar refractivity (Wildman–Crippen MR) is 126 cm³/mol. The second kappa shape index (κ2) is 9.72. The number of amides is 1. The number of aryl methyl sites for hydroxylation is 1. The van der Waals surface area contributed by atoms with Crippen molar-refractivity contribution in [3.8, 4) is 5.75 Å². The van der Waals surface area contributed by atoms with Crippen molar-refractivity contribution < 1.29 is 17.9 Å². The van der Waals surface area contributed by atoms with Gasteiger partial charge in [0.25, 0.3) is 0 Å². The topological polar surface area (TPSA) is 84.5 Å². The van der Waals surface area contributed by atoms with Gasteiger partial charge >= 0.3 is 0 Å². The smallest absolute Gasteiger partial charge is 0.243 e. The van der Waals surface area contributed by atoms with E-state index < -0.39 is 9.84 Å². The minimum Gasteiger partial charge on any atom is -0.497 e. The Balaban J connectivity index is 1.80. The van der Waals surface area contributed by atoms with Crippen LogP contribution >= 0.6 is 27.5 Å². The van der Waals surface area contributed by atoms with Gasteiger partial charge < -0.3 is 15.4 Å². The van der Waals surface area contributed by atoms with Crippen molar-refractivity contribution >= 4 is 54.7 Å². The normalized spacial score (nSPS) is 11.1. The van der Waals surface area contributed by atoms with E-state index in [1.165, 1.54) is 31.4 Å². The Morgan fingerprint density at radius 3 is 2.42 bits per heavy atom. The predicted octanol–water partition coefficient (Wildman–Crippen LogP) is 5.30. The molecule has 3 aromatic carbocycles. The summed E-state index contributed by atoms with van der Waals surface area (Å²) in [4.78, 5) is 12.5. The average Bonchev–Trinajstić information content (AvgIpc) is 2.75. The van der Waals surface area contributed by atoms with Crippen LogP contribution in [0.2, 0.25) is 5.02 Å². The minimum atomic E-state index is -3.87. The highest BCUT2D eigenvalue weighted by Gasteiger charge is 2.22. The minimum absolute atomic E-state index is 0.0162. The number of sulfone groups is 1. The van der Waals surface area contributed by atoms with E-state index >= 15 is 0 Å². The van der Waals surface area contributed by atoms with Crippen LogP contribution in [0.15, 0.2) is 74.9 Å². The fourth-order valence-electron chi connectivity index (χ4n) is 2.85. The summed E-state index contributed by atoms with van der Waals surface area (Å²) in [6, 6.07) is 16.0. The maximum atomic E-state index is 13.2. The molecule has 6 nitrogen and oxygen atoms in total. The van der Waals surface area contributed by atoms with Gasteiger partial charge in [-0.3, -0.25) is 4.79 Å². The van der Waals surface area contributed by atoms with Crippen LogP contribution in [-0.2, 0) is 14.6 Å². The zero-order valence-electron chi connectivity index (χ0n) is 16.8. The first-order valence-corrected chi connectivity index (χ1v) is 11.8. The second-order valence-corrected chi connectivity index (χ2v) is 9.89. The maximum absolute atomic E-state index is 13.2. The largest absolute Gasteiger partial charge is 0.497 e. The second-order valence-electron chi connectivity index (χ2n) is 6.69. The molecule has 0 unspecified atom stereocenters. The Bertz CT molecular complexity index is 1210. The molecule has 0 fully saturated rings. The molecule has 0 saturated heterocycles. The van der Waals surface area contributed by atoms with E-state index in [1.807, 2.05) is 19.1 Å². The van der Waals surface area contributed by atoms with E-state index in [2.05, 4.69) is 26.6 Å². The lowest BCUT2D eigenvalue weighted by molar-refractivity contribution is -0.114. The number of carbonyl (C=O) groups excluding carboxylic acids is 1. The van der Waals surface area contributed by atoms with Gasteiger partial charge in [0.2, 0.25) is 15.7 Å². The molecule has 1 amide bonds. The number of rotatable bonds is 7. The van der Waals surface area contributed by atoms with Crippen molar-refractivity contribution in [2.24, 2.45) is 0 Å². The number of carbonyl (C=O) groups is 1. The number of anilines is 2. The molecule has 0 heterocycles. The highest BCUT2D eigenvalue weighted by molar-refractivity contribution is 9.10. The lowest BCUT2D eigenvalue weighted by Crippen LogP contribution is -2.22. The van der Waals surface area contributed by atoms with Gasteiger partial charge in [-0.05, 0) is 73.2 Å². The Kier molecular flexibility index (Phi) is 7.25. The van der Waals surface area contributed by atoms with Gasteiger partial charge in [0.05, 0.1) is 29.1 Å². The SMILES string of the molecule is COc1ccc(S(=O)(=O)c2cc(Cl)ccc2NCC(=O)Nc2ccc(Br)c(C)c2)cc1. The number of hydrogen-bond acceptors (Lipinski definition) is 5. The van der Waals surface area contributed by atoms with Gasteiger partial charge in [0.1, 0.15) is 5.75 Å². The Morgan fingerprint density at radius 1 is 1.06 bits per heavy atom. The quantitative estimate of drug-likeness (QED) is 0.439. The molecule has 162 valence electrons. The molecule has 0 spiro atoms. The molecule has 31 heavy (non-hydrogen) atoms. The zero-order valence-corrected chi connectivity index (χ0v) is 19.9. The molecule has 3 rings (SSSR count). The van der Waals surface area contributed by atoms with Crippen molar-refractivity contribution in [3.63, 3.8) is 0 Å². The summed E-state index contributed by atoms with van der Waals surface area (Å²) in [5.41, 5.74) is 1.91. The fourth-order valence-corrected chi connectivity index (χ4v) is 4.79. The van der Waals surface area contributed by atoms with Gasteiger partial charge in [-0.25, -0.2) is 8.42 Å². The van der Waals surface area contributed by atoms with Crippen LogP contribution < -0.4 is 15.4 Å². The van der Waals surface area contributed by atoms with Gasteiger partial charge in [0, 0.05) is 15.2 Å². The molecule has 0 radical (unpaired) electrons. The number of methoxy groups -OCH3 is 1. The lowest BCUT2D eigenvalue weighted by atomic mass is 10.2. The third kappa shape index (κ3) is 5.58. The van der Waals surface area contributed by atoms with Crippen LogP contribution in [-0.4, -0.2) is 28.0 Å². The fraction of sp³-hybridized carbons (Fsp3) is 0.136. The summed E-state index contributed by atoms with van der Waals surface area (Å²) in [6.45, 7) is 1.80. The molecular weight excluding hydrogens is 504 g/mol. The highest BCUT2D eigenvalue weighted by atomic mass is 79.9. The molecule has 9 heteroatoms. The molecule has 0 bridgehead atoms. The third-order valence-corrected chi connectivity index (χ3v) is 7.42. The molecular formula is C22H20BrClN2O4S. The van der Waals surface area contributed by atoms with E-state index in [4.69, 9.17) is 16.3 Å². The Hall–Kier alpha value is -2.55. The van der Waals surface area contributed by atoms with E-state index in [-0.39, 0.29) is 33.0 Å². The van der Waals surface area contributed by atoms with Crippen LogP contribution in [0.5, 0.6) is 5.75 Å². The summed E-state index contributed by atoms with van der Waals surface area (Å²) in [6.07, 6.45) is 0. The first kappa shape index (κ1) is 23.1. The van der Waals surface area contributed by atoms with E-state index in [0.717, 1.165) is 10.0 Å². The lowest BCUT2D eigenvalue weighted by Gasteiger charge is -2.14. The Labute approximate surface area is 194 Å². The van der Waals surface area contributed by atoms with Crippen LogP contribution in [0.25, 0.3) is 0 Å². The van der Waals surface area contributed by atoms with E-state index in [9.17, 15) is 13.2 Å². The van der Waals surface area contributed by atoms with Gasteiger partial charge in [-0.1, -0.05) is 27.5 Å². The van der Waals surface area contributed by atoms with Gasteiger partial charge in [0.15, 0.2) is 0 Å². The molecule has 0 saturated carbocycles. The molecule has 2 N–H and O–H groups in total. The average molecular weight is 524 g/mol. The van der Waals surface area contributed by atoms with Crippen molar-refractivity contribution in [2.45, 2.75) is 16.7 Å². The van der Waals surface area contributed by atoms with Crippen molar-refractivity contribution in [2.75, 3.05) is 24.3 Å². The molecule has 0 aromatic heterocycles. The number of ether oxygens (including phenoxy) is 1. The number of hydrogen-bond donors (Lipinski definition) is 2. The first-order valence-electron chi connectivity index (χ1n) is 9.19. The van der Waals surface area contributed by atoms with Crippen LogP contribution in [0.4, 0.5) is 11.4 Å². The van der Waals surface area contributed by atoms with Gasteiger partial charge in [-0.2, -0.15) is 0 Å². The summed E-state index contributed by atoms with van der Waals surface area (Å²) >= 11 is 9.48. The highest BCUT2D eigenvalue weighted by Crippen LogP contribution is 2.31. The summed E-state index contributed by atoms with van der Waals surface area (Å²) in [5.74, 6) is 0.229. The van der Waals surface area contributed by atoms with Crippen molar-refractivity contribution in [1.82, 2.24) is 0 Å². The molecule has 3 aromatic rings. The first-order chi connectivity index (χ1) is 14.7. The number of nitrogens with one attached hydrogen (secondary N) is 2. The van der Waals surface area contributed by atoms with Crippen LogP contribution in [0.1, 0.15) is 5.56 Å². The van der Waals surface area contributed by atoms with Crippen molar-refractivity contribution in [1.29, 1.82) is 0 Å². The molecule has 0 aliphatic carbocycles. The summed E-state index contributed by atoms with van der Waals surface area (Å²) < 4.78 is 32.4. The number of benzene rings is 3. The van der Waals surface area contributed by atoms with Crippen molar-refractivity contribution in [3.05, 3.63) is 75.7 Å². The standard InChI is InChI=1S/C22H20BrClN2O4S/c1-14-11-16(4-9-19(14)23)26-22(27)13-25-20-10-3-15(24)12-21(20)31(28,29)18-7-5-17(30-2)6-8-18/h3-12,25H,13H2,1-2H3,(H,26,27). The third-order valence-electron chi connectivity index (χ3n) is 4.48. The molecule has 0 aliphatic heterocycles. The van der Waals surface area contributed by atoms with E-state index in [1.54, 1.807) is 24.3 Å². The Morgan fingerprint density at radius 2 is 1.77 bits per heavy atom. The number of halogens is 2. The van der Waals surface area contributed by atoms with Crippen LogP contribution in [0, 0.1) is 6.92 Å². The zero-order chi connectivity index (χ0) is 22.6. The van der Waals surface area contributed by atoms with E-state index in [0.29, 0.717) is 11.4 Å².